The van der Waals surface area contributed by atoms with Gasteiger partial charge < -0.3 is 18.0 Å². The van der Waals surface area contributed by atoms with Crippen LogP contribution < -0.4 is 0 Å². The standard InChI is InChI=1S/C9H20O5Si/c1-6-11-15(5,12-7-2)14-9(4)13-8(3)10/h9H,6-7H2,1-5H3. The molecule has 0 saturated carbocycles. The summed E-state index contributed by atoms with van der Waals surface area (Å²) in [5.41, 5.74) is 0. The van der Waals surface area contributed by atoms with Crippen LogP contribution in [0.5, 0.6) is 0 Å². The summed E-state index contributed by atoms with van der Waals surface area (Å²) in [6.45, 7) is 9.50. The molecule has 0 amide bonds. The van der Waals surface area contributed by atoms with Crippen molar-refractivity contribution < 1.29 is 22.8 Å². The van der Waals surface area contributed by atoms with Gasteiger partial charge in [-0.25, -0.2) is 0 Å². The van der Waals surface area contributed by atoms with Crippen molar-refractivity contribution in [2.75, 3.05) is 13.2 Å². The smallest absolute Gasteiger partial charge is 0.437 e. The molecule has 6 heteroatoms. The van der Waals surface area contributed by atoms with E-state index in [1.807, 2.05) is 13.8 Å². The molecule has 0 N–H and O–H groups in total. The summed E-state index contributed by atoms with van der Waals surface area (Å²) in [4.78, 5) is 10.7. The van der Waals surface area contributed by atoms with E-state index in [1.165, 1.54) is 6.92 Å². The molecule has 5 nitrogen and oxygen atoms in total. The van der Waals surface area contributed by atoms with E-state index in [0.717, 1.165) is 0 Å². The van der Waals surface area contributed by atoms with E-state index in [4.69, 9.17) is 18.0 Å². The third-order valence-corrected chi connectivity index (χ3v) is 3.91. The minimum Gasteiger partial charge on any atom is -0.437 e. The first-order valence-corrected chi connectivity index (χ1v) is 7.29. The molecule has 0 rings (SSSR count). The number of carbonyl (C=O) groups excluding carboxylic acids is 1. The second-order valence-electron chi connectivity index (χ2n) is 3.02. The van der Waals surface area contributed by atoms with Crippen molar-refractivity contribution in [3.8, 4) is 0 Å². The van der Waals surface area contributed by atoms with Crippen molar-refractivity contribution in [1.82, 2.24) is 0 Å². The molecule has 0 aliphatic heterocycles. The summed E-state index contributed by atoms with van der Waals surface area (Å²) in [6, 6.07) is 0. The molecule has 0 bridgehead atoms. The van der Waals surface area contributed by atoms with Crippen LogP contribution in [0.2, 0.25) is 6.55 Å². The molecule has 0 spiro atoms. The predicted octanol–water partition coefficient (Wildman–Crippen LogP) is 1.55. The Bertz CT molecular complexity index is 191. The average molecular weight is 236 g/mol. The third kappa shape index (κ3) is 6.61. The third-order valence-electron chi connectivity index (χ3n) is 1.53. The molecule has 0 aromatic heterocycles. The fourth-order valence-corrected chi connectivity index (χ4v) is 3.11. The van der Waals surface area contributed by atoms with Crippen LogP contribution in [0.15, 0.2) is 0 Å². The summed E-state index contributed by atoms with van der Waals surface area (Å²) in [7, 11) is -2.66. The zero-order valence-corrected chi connectivity index (χ0v) is 11.0. The van der Waals surface area contributed by atoms with Crippen molar-refractivity contribution in [2.45, 2.75) is 40.5 Å². The first-order valence-electron chi connectivity index (χ1n) is 5.06. The van der Waals surface area contributed by atoms with Crippen LogP contribution in [0, 0.1) is 0 Å². The van der Waals surface area contributed by atoms with Crippen LogP contribution in [0.25, 0.3) is 0 Å². The van der Waals surface area contributed by atoms with Gasteiger partial charge in [0.05, 0.1) is 0 Å². The van der Waals surface area contributed by atoms with Crippen LogP contribution >= 0.6 is 0 Å². The van der Waals surface area contributed by atoms with Gasteiger partial charge in [0, 0.05) is 26.7 Å². The molecule has 0 saturated heterocycles. The maximum absolute atomic E-state index is 10.7. The minimum atomic E-state index is -2.66. The van der Waals surface area contributed by atoms with Crippen LogP contribution in [0.3, 0.4) is 0 Å². The fourth-order valence-electron chi connectivity index (χ4n) is 1.19. The lowest BCUT2D eigenvalue weighted by atomic mass is 10.7. The van der Waals surface area contributed by atoms with Gasteiger partial charge in [0.15, 0.2) is 6.29 Å². The Morgan fingerprint density at radius 3 is 2.07 bits per heavy atom. The molecule has 0 aromatic carbocycles. The van der Waals surface area contributed by atoms with E-state index >= 15 is 0 Å². The second kappa shape index (κ2) is 6.94. The molecule has 0 heterocycles. The van der Waals surface area contributed by atoms with Gasteiger partial charge in [0.2, 0.25) is 0 Å². The molecule has 1 atom stereocenters. The second-order valence-corrected chi connectivity index (χ2v) is 5.56. The lowest BCUT2D eigenvalue weighted by Crippen LogP contribution is -2.45. The van der Waals surface area contributed by atoms with Gasteiger partial charge in [-0.15, -0.1) is 0 Å². The van der Waals surface area contributed by atoms with E-state index in [-0.39, 0.29) is 5.97 Å². The summed E-state index contributed by atoms with van der Waals surface area (Å²) in [6.07, 6.45) is -0.641. The number of carbonyl (C=O) groups is 1. The Hall–Kier alpha value is -0.433. The summed E-state index contributed by atoms with van der Waals surface area (Å²) >= 11 is 0. The lowest BCUT2D eigenvalue weighted by molar-refractivity contribution is -0.164. The van der Waals surface area contributed by atoms with E-state index in [1.54, 1.807) is 13.5 Å². The SMILES string of the molecule is CCO[Si](C)(OCC)OC(C)OC(C)=O. The van der Waals surface area contributed by atoms with Crippen LogP contribution in [-0.4, -0.2) is 34.3 Å². The number of hydrogen-bond donors (Lipinski definition) is 0. The van der Waals surface area contributed by atoms with Crippen LogP contribution in [0.4, 0.5) is 0 Å². The Kier molecular flexibility index (Phi) is 6.74. The highest BCUT2D eigenvalue weighted by atomic mass is 28.4. The highest BCUT2D eigenvalue weighted by Gasteiger charge is 2.36. The lowest BCUT2D eigenvalue weighted by Gasteiger charge is -2.27. The van der Waals surface area contributed by atoms with E-state index in [0.29, 0.717) is 13.2 Å². The molecule has 0 aromatic rings. The molecule has 1 unspecified atom stereocenters. The Balaban J connectivity index is 4.19. The van der Waals surface area contributed by atoms with Crippen molar-refractivity contribution in [1.29, 1.82) is 0 Å². The fraction of sp³-hybridized carbons (Fsp3) is 0.889. The van der Waals surface area contributed by atoms with Gasteiger partial charge in [0.25, 0.3) is 0 Å². The predicted molar refractivity (Wildman–Crippen MR) is 57.2 cm³/mol. The largest absolute Gasteiger partial charge is 0.500 e. The van der Waals surface area contributed by atoms with Crippen molar-refractivity contribution in [3.63, 3.8) is 0 Å². The number of hydrogen-bond acceptors (Lipinski definition) is 5. The van der Waals surface area contributed by atoms with Crippen LogP contribution in [0.1, 0.15) is 27.7 Å². The Morgan fingerprint density at radius 2 is 1.73 bits per heavy atom. The summed E-state index contributed by atoms with van der Waals surface area (Å²) in [5, 5.41) is 0. The van der Waals surface area contributed by atoms with E-state index in [2.05, 4.69) is 0 Å². The van der Waals surface area contributed by atoms with Gasteiger partial charge in [-0.05, 0) is 20.8 Å². The first-order chi connectivity index (χ1) is 6.93. The molecule has 0 aliphatic rings. The normalized spacial score (nSPS) is 13.7. The van der Waals surface area contributed by atoms with Crippen molar-refractivity contribution >= 4 is 14.8 Å². The van der Waals surface area contributed by atoms with Crippen molar-refractivity contribution in [3.05, 3.63) is 0 Å². The Morgan fingerprint density at radius 1 is 1.27 bits per heavy atom. The zero-order chi connectivity index (χ0) is 11.9. The van der Waals surface area contributed by atoms with Crippen LogP contribution in [-0.2, 0) is 22.8 Å². The first kappa shape index (κ1) is 14.6. The molecular formula is C9H20O5Si. The van der Waals surface area contributed by atoms with E-state index < -0.39 is 15.1 Å². The molecule has 90 valence electrons. The summed E-state index contributed by atoms with van der Waals surface area (Å²) in [5.74, 6) is -0.383. The number of ether oxygens (including phenoxy) is 1. The highest BCUT2D eigenvalue weighted by molar-refractivity contribution is 6.59. The molecule has 15 heavy (non-hydrogen) atoms. The Labute approximate surface area is 92.0 Å². The molecule has 0 aliphatic carbocycles. The number of rotatable bonds is 7. The molecule has 0 radical (unpaired) electrons. The average Bonchev–Trinajstić information content (AvgIpc) is 2.01. The summed E-state index contributed by atoms with van der Waals surface area (Å²) < 4.78 is 21.2. The number of esters is 1. The quantitative estimate of drug-likeness (QED) is 0.381. The van der Waals surface area contributed by atoms with Gasteiger partial charge in [-0.2, -0.15) is 0 Å². The monoisotopic (exact) mass is 236 g/mol. The van der Waals surface area contributed by atoms with Gasteiger partial charge in [-0.3, -0.25) is 4.79 Å². The topological polar surface area (TPSA) is 54.0 Å². The van der Waals surface area contributed by atoms with Gasteiger partial charge in [-0.1, -0.05) is 0 Å². The highest BCUT2D eigenvalue weighted by Crippen LogP contribution is 2.12. The van der Waals surface area contributed by atoms with Gasteiger partial charge in [0.1, 0.15) is 0 Å². The van der Waals surface area contributed by atoms with Crippen molar-refractivity contribution in [2.24, 2.45) is 0 Å². The molecule has 0 fully saturated rings. The van der Waals surface area contributed by atoms with E-state index in [9.17, 15) is 4.79 Å². The molecular weight excluding hydrogens is 216 g/mol. The zero-order valence-electron chi connectivity index (χ0n) is 10.0. The van der Waals surface area contributed by atoms with Gasteiger partial charge >= 0.3 is 14.8 Å². The maximum Gasteiger partial charge on any atom is 0.500 e. The maximum atomic E-state index is 10.7. The minimum absolute atomic E-state index is 0.383.